The second-order valence-electron chi connectivity index (χ2n) is 16.6. The summed E-state index contributed by atoms with van der Waals surface area (Å²) in [6, 6.07) is 19.8. The fourth-order valence-corrected chi connectivity index (χ4v) is 7.31. The van der Waals surface area contributed by atoms with Crippen molar-refractivity contribution in [1.82, 2.24) is 16.0 Å². The molecule has 324 valence electrons. The van der Waals surface area contributed by atoms with Crippen molar-refractivity contribution in [3.05, 3.63) is 78.4 Å². The molecule has 12 nitrogen and oxygen atoms in total. The van der Waals surface area contributed by atoms with E-state index in [9.17, 15) is 24.3 Å². The number of carbonyl (C=O) groups excluding carboxylic acids is 4. The van der Waals surface area contributed by atoms with E-state index in [1.54, 1.807) is 13.0 Å². The summed E-state index contributed by atoms with van der Waals surface area (Å²) in [6.07, 6.45) is 3.53. The number of benzene rings is 3. The molecular formula is C47H68N4O8. The topological polar surface area (TPSA) is 156 Å². The van der Waals surface area contributed by atoms with Crippen LogP contribution in [-0.4, -0.2) is 79.2 Å². The minimum Gasteiger partial charge on any atom is -0.444 e. The number of amides is 4. The van der Waals surface area contributed by atoms with Crippen LogP contribution in [0, 0.1) is 17.8 Å². The first-order valence-corrected chi connectivity index (χ1v) is 21.6. The predicted molar refractivity (Wildman–Crippen MR) is 231 cm³/mol. The van der Waals surface area contributed by atoms with Gasteiger partial charge in [-0.2, -0.15) is 0 Å². The Balaban J connectivity index is 1.52. The van der Waals surface area contributed by atoms with Crippen LogP contribution in [0.4, 0.5) is 10.5 Å². The molecular weight excluding hydrogens is 749 g/mol. The fraction of sp³-hybridized carbons (Fsp3) is 0.574. The van der Waals surface area contributed by atoms with Gasteiger partial charge in [0, 0.05) is 24.5 Å². The molecule has 59 heavy (non-hydrogen) atoms. The van der Waals surface area contributed by atoms with E-state index in [0.717, 1.165) is 42.0 Å². The molecule has 0 bridgehead atoms. The van der Waals surface area contributed by atoms with Crippen LogP contribution in [0.1, 0.15) is 105 Å². The molecule has 12 heteroatoms. The van der Waals surface area contributed by atoms with Crippen molar-refractivity contribution < 1.29 is 38.5 Å². The van der Waals surface area contributed by atoms with Crippen molar-refractivity contribution in [1.29, 1.82) is 0 Å². The van der Waals surface area contributed by atoms with Gasteiger partial charge in [0.05, 0.1) is 24.4 Å². The SMILES string of the molecule is CCCC[C@H](NC(=O)[C@H](C)N(C(=O)OCc1ccccc1)c1cccc2ccccc12)C(=O)N[C@@H](CC(C)C)[C@@H](O)CC(CCOC1CCCCO1)C(=O)NCC(C)C. The van der Waals surface area contributed by atoms with Gasteiger partial charge in [-0.15, -0.1) is 0 Å². The summed E-state index contributed by atoms with van der Waals surface area (Å²) < 4.78 is 17.5. The van der Waals surface area contributed by atoms with Crippen molar-refractivity contribution in [2.75, 3.05) is 24.7 Å². The maximum atomic E-state index is 14.2. The second-order valence-corrected chi connectivity index (χ2v) is 16.6. The van der Waals surface area contributed by atoms with Gasteiger partial charge >= 0.3 is 6.09 Å². The molecule has 0 aromatic heterocycles. The molecule has 1 aliphatic heterocycles. The third-order valence-electron chi connectivity index (χ3n) is 10.7. The average Bonchev–Trinajstić information content (AvgIpc) is 3.23. The lowest BCUT2D eigenvalue weighted by atomic mass is 9.89. The normalized spacial score (nSPS) is 16.8. The summed E-state index contributed by atoms with van der Waals surface area (Å²) in [7, 11) is 0. The highest BCUT2D eigenvalue weighted by Crippen LogP contribution is 2.29. The van der Waals surface area contributed by atoms with Crippen molar-refractivity contribution >= 4 is 40.3 Å². The van der Waals surface area contributed by atoms with E-state index in [1.165, 1.54) is 4.90 Å². The highest BCUT2D eigenvalue weighted by molar-refractivity contribution is 6.05. The Labute approximate surface area is 351 Å². The molecule has 0 spiro atoms. The molecule has 3 aromatic rings. The summed E-state index contributed by atoms with van der Waals surface area (Å²) in [6.45, 7) is 13.2. The fourth-order valence-electron chi connectivity index (χ4n) is 7.31. The number of nitrogens with one attached hydrogen (secondary N) is 3. The molecule has 4 N–H and O–H groups in total. The van der Waals surface area contributed by atoms with Crippen LogP contribution in [0.25, 0.3) is 10.8 Å². The lowest BCUT2D eigenvalue weighted by Gasteiger charge is -2.32. The van der Waals surface area contributed by atoms with Crippen molar-refractivity contribution in [3.8, 4) is 0 Å². The smallest absolute Gasteiger partial charge is 0.415 e. The van der Waals surface area contributed by atoms with Gasteiger partial charge < -0.3 is 35.3 Å². The van der Waals surface area contributed by atoms with Gasteiger partial charge in [-0.25, -0.2) is 4.79 Å². The Bertz CT molecular complexity index is 1740. The van der Waals surface area contributed by atoms with E-state index in [1.807, 2.05) is 101 Å². The largest absolute Gasteiger partial charge is 0.444 e. The Morgan fingerprint density at radius 2 is 1.56 bits per heavy atom. The zero-order chi connectivity index (χ0) is 42.7. The molecule has 3 aromatic carbocycles. The van der Waals surface area contributed by atoms with Gasteiger partial charge in [0.15, 0.2) is 6.29 Å². The monoisotopic (exact) mass is 817 g/mol. The molecule has 0 radical (unpaired) electrons. The van der Waals surface area contributed by atoms with Crippen molar-refractivity contribution in [3.63, 3.8) is 0 Å². The standard InChI is InChI=1S/C47H68N4O8/c1-7-8-22-39(46(55)50-40(28-32(2)3)42(52)29-37(45(54)48-30-33(4)5)25-27-58-43-24-14-15-26-57-43)49-44(53)34(6)51(47(56)59-31-35-17-10-9-11-18-35)41-23-16-20-36-19-12-13-21-38(36)41/h9-13,16-21,23,32-34,37,39-40,42-43,52H,7-8,14-15,22,24-31H2,1-6H3,(H,48,54)(H,49,53)(H,50,55)/t34-,37?,39-,40-,42-,43?/m0/s1. The third-order valence-corrected chi connectivity index (χ3v) is 10.7. The van der Waals surface area contributed by atoms with E-state index < -0.39 is 48.1 Å². The Morgan fingerprint density at radius 1 is 0.831 bits per heavy atom. The number of aliphatic hydroxyl groups excluding tert-OH is 1. The Morgan fingerprint density at radius 3 is 2.25 bits per heavy atom. The average molecular weight is 817 g/mol. The number of unbranched alkanes of at least 4 members (excludes halogenated alkanes) is 1. The van der Waals surface area contributed by atoms with E-state index >= 15 is 0 Å². The van der Waals surface area contributed by atoms with Crippen LogP contribution in [0.15, 0.2) is 72.8 Å². The lowest BCUT2D eigenvalue weighted by molar-refractivity contribution is -0.165. The van der Waals surface area contributed by atoms with Gasteiger partial charge in [-0.1, -0.05) is 114 Å². The number of ether oxygens (including phenoxy) is 3. The highest BCUT2D eigenvalue weighted by atomic mass is 16.7. The molecule has 1 aliphatic rings. The quantitative estimate of drug-likeness (QED) is 0.0761. The number of fused-ring (bicyclic) bond motifs is 1. The van der Waals surface area contributed by atoms with Crippen LogP contribution < -0.4 is 20.9 Å². The first-order chi connectivity index (χ1) is 28.4. The number of hydrogen-bond acceptors (Lipinski definition) is 8. The second kappa shape index (κ2) is 24.5. The van der Waals surface area contributed by atoms with E-state index in [2.05, 4.69) is 16.0 Å². The third kappa shape index (κ3) is 15.2. The molecule has 0 aliphatic carbocycles. The van der Waals surface area contributed by atoms with Crippen molar-refractivity contribution in [2.45, 2.75) is 136 Å². The first kappa shape index (κ1) is 47.2. The number of anilines is 1. The van der Waals surface area contributed by atoms with Gasteiger partial charge in [-0.3, -0.25) is 19.3 Å². The molecule has 4 amide bonds. The maximum absolute atomic E-state index is 14.2. The maximum Gasteiger partial charge on any atom is 0.415 e. The molecule has 2 unspecified atom stereocenters. The zero-order valence-electron chi connectivity index (χ0n) is 36.0. The van der Waals surface area contributed by atoms with E-state index in [-0.39, 0.29) is 37.1 Å². The van der Waals surface area contributed by atoms with Crippen LogP contribution >= 0.6 is 0 Å². The summed E-state index contributed by atoms with van der Waals surface area (Å²) in [5.41, 5.74) is 1.30. The number of aliphatic hydroxyl groups is 1. The lowest BCUT2D eigenvalue weighted by Crippen LogP contribution is -2.56. The number of rotatable bonds is 23. The molecule has 4 rings (SSSR count). The first-order valence-electron chi connectivity index (χ1n) is 21.6. The summed E-state index contributed by atoms with van der Waals surface area (Å²) >= 11 is 0. The Hall–Kier alpha value is -4.52. The van der Waals surface area contributed by atoms with Crippen LogP contribution in [0.2, 0.25) is 0 Å². The molecule has 0 saturated carbocycles. The summed E-state index contributed by atoms with van der Waals surface area (Å²) in [5, 5.41) is 22.4. The molecule has 1 fully saturated rings. The van der Waals surface area contributed by atoms with Crippen molar-refractivity contribution in [2.24, 2.45) is 17.8 Å². The number of nitrogens with zero attached hydrogens (tertiary/aromatic N) is 1. The number of hydrogen-bond donors (Lipinski definition) is 4. The van der Waals surface area contributed by atoms with E-state index in [0.29, 0.717) is 51.1 Å². The van der Waals surface area contributed by atoms with Gasteiger partial charge in [0.2, 0.25) is 17.7 Å². The predicted octanol–water partition coefficient (Wildman–Crippen LogP) is 7.65. The number of carbonyl (C=O) groups is 4. The Kier molecular flexibility index (Phi) is 19.6. The van der Waals surface area contributed by atoms with Crippen LogP contribution in [-0.2, 0) is 35.2 Å². The minimum atomic E-state index is -1.07. The summed E-state index contributed by atoms with van der Waals surface area (Å²) in [4.78, 5) is 57.2. The van der Waals surface area contributed by atoms with Crippen LogP contribution in [0.3, 0.4) is 0 Å². The highest BCUT2D eigenvalue weighted by Gasteiger charge is 2.35. The van der Waals surface area contributed by atoms with Gasteiger partial charge in [-0.05, 0) is 80.7 Å². The van der Waals surface area contributed by atoms with Gasteiger partial charge in [0.25, 0.3) is 0 Å². The molecule has 6 atom stereocenters. The zero-order valence-corrected chi connectivity index (χ0v) is 36.0. The minimum absolute atomic E-state index is 0.0125. The molecule has 1 heterocycles. The van der Waals surface area contributed by atoms with Gasteiger partial charge in [0.1, 0.15) is 18.7 Å². The van der Waals surface area contributed by atoms with Crippen LogP contribution in [0.5, 0.6) is 0 Å². The summed E-state index contributed by atoms with van der Waals surface area (Å²) in [5.74, 6) is -1.34. The van der Waals surface area contributed by atoms with E-state index in [4.69, 9.17) is 14.2 Å². The molecule has 1 saturated heterocycles.